The van der Waals surface area contributed by atoms with Crippen LogP contribution in [0.15, 0.2) is 12.2 Å². The Morgan fingerprint density at radius 1 is 1.04 bits per heavy atom. The first-order chi connectivity index (χ1) is 13.5. The predicted molar refractivity (Wildman–Crippen MR) is 108 cm³/mol. The molecule has 1 N–H and O–H groups in total. The Kier molecular flexibility index (Phi) is 12.8. The minimum atomic E-state index is -0.717. The van der Waals surface area contributed by atoms with Gasteiger partial charge in [-0.2, -0.15) is 0 Å². The molecular formula is C22H38O6. The predicted octanol–water partition coefficient (Wildman–Crippen LogP) is 5.00. The van der Waals surface area contributed by atoms with Gasteiger partial charge in [-0.05, 0) is 37.8 Å². The van der Waals surface area contributed by atoms with Gasteiger partial charge in [0.05, 0.1) is 13.2 Å². The summed E-state index contributed by atoms with van der Waals surface area (Å²) >= 11 is 0. The van der Waals surface area contributed by atoms with Crippen molar-refractivity contribution in [1.82, 2.24) is 0 Å². The smallest absolute Gasteiger partial charge is 0.303 e. The lowest BCUT2D eigenvalue weighted by Crippen LogP contribution is -2.28. The molecule has 1 aliphatic heterocycles. The number of hydrogen-bond donors (Lipinski definition) is 1. The summed E-state index contributed by atoms with van der Waals surface area (Å²) in [7, 11) is 0. The van der Waals surface area contributed by atoms with Gasteiger partial charge in [-0.1, -0.05) is 45.4 Å². The minimum absolute atomic E-state index is 0.233. The van der Waals surface area contributed by atoms with Crippen molar-refractivity contribution in [1.29, 1.82) is 0 Å². The molecule has 0 amide bonds. The van der Waals surface area contributed by atoms with Crippen LogP contribution >= 0.6 is 0 Å². The number of carboxylic acids is 1. The van der Waals surface area contributed by atoms with Gasteiger partial charge in [0.25, 0.3) is 0 Å². The highest BCUT2D eigenvalue weighted by atomic mass is 16.7. The van der Waals surface area contributed by atoms with Crippen molar-refractivity contribution in [3.63, 3.8) is 0 Å². The van der Waals surface area contributed by atoms with E-state index in [9.17, 15) is 9.59 Å². The maximum Gasteiger partial charge on any atom is 0.303 e. The molecule has 162 valence electrons. The number of aliphatic carboxylic acids is 1. The van der Waals surface area contributed by atoms with E-state index in [0.717, 1.165) is 70.6 Å². The van der Waals surface area contributed by atoms with Crippen molar-refractivity contribution in [2.24, 2.45) is 0 Å². The molecule has 1 atom stereocenters. The van der Waals surface area contributed by atoms with Crippen LogP contribution < -0.4 is 0 Å². The van der Waals surface area contributed by atoms with E-state index < -0.39 is 11.8 Å². The van der Waals surface area contributed by atoms with Gasteiger partial charge in [-0.25, -0.2) is 0 Å². The molecule has 0 aliphatic carbocycles. The van der Waals surface area contributed by atoms with Crippen molar-refractivity contribution in [3.05, 3.63) is 12.2 Å². The average Bonchev–Trinajstić information content (AvgIpc) is 3.10. The molecule has 0 aromatic carbocycles. The van der Waals surface area contributed by atoms with E-state index in [0.29, 0.717) is 13.2 Å². The molecule has 0 saturated carbocycles. The third-order valence-corrected chi connectivity index (χ3v) is 4.92. The van der Waals surface area contributed by atoms with Gasteiger partial charge >= 0.3 is 11.9 Å². The van der Waals surface area contributed by atoms with Crippen molar-refractivity contribution >= 4 is 11.9 Å². The summed E-state index contributed by atoms with van der Waals surface area (Å²) in [4.78, 5) is 21.9. The number of carbonyl (C=O) groups excluding carboxylic acids is 1. The topological polar surface area (TPSA) is 82.1 Å². The fourth-order valence-corrected chi connectivity index (χ4v) is 3.41. The molecule has 1 fully saturated rings. The van der Waals surface area contributed by atoms with Crippen molar-refractivity contribution in [2.45, 2.75) is 103 Å². The number of esters is 1. The van der Waals surface area contributed by atoms with Crippen LogP contribution in [0.4, 0.5) is 0 Å². The molecule has 0 bridgehead atoms. The summed E-state index contributed by atoms with van der Waals surface area (Å²) in [5.41, 5.74) is 0. The van der Waals surface area contributed by atoms with E-state index in [1.165, 1.54) is 6.92 Å². The highest BCUT2D eigenvalue weighted by Crippen LogP contribution is 2.28. The molecular weight excluding hydrogens is 360 g/mol. The monoisotopic (exact) mass is 398 g/mol. The standard InChI is InChI=1S/C22H38O6/c1-3-4-9-12-20(28-19(2)23)14-16-22(26-17-18-27-22)15-11-8-6-5-7-10-13-21(24)25/h14,16,20H,3-13,15,17-18H2,1-2H3,(H,24,25)/b16-14+/t20-/m0/s1. The molecule has 0 unspecified atom stereocenters. The SMILES string of the molecule is CCCCC[C@@H](/C=C/C1(CCCCCCCCC(=O)O)OCCO1)OC(C)=O. The Balaban J connectivity index is 2.40. The third kappa shape index (κ3) is 11.4. The highest BCUT2D eigenvalue weighted by molar-refractivity contribution is 5.66. The maximum absolute atomic E-state index is 11.4. The van der Waals surface area contributed by atoms with Gasteiger partial charge < -0.3 is 19.3 Å². The summed E-state index contributed by atoms with van der Waals surface area (Å²) in [6.07, 6.45) is 14.7. The molecule has 0 aromatic heterocycles. The number of carbonyl (C=O) groups is 2. The molecule has 28 heavy (non-hydrogen) atoms. The summed E-state index contributed by atoms with van der Waals surface area (Å²) in [6, 6.07) is 0. The van der Waals surface area contributed by atoms with Gasteiger partial charge in [-0.3, -0.25) is 9.59 Å². The Labute approximate surface area is 169 Å². The van der Waals surface area contributed by atoms with E-state index in [1.807, 2.05) is 12.2 Å². The van der Waals surface area contributed by atoms with Gasteiger partial charge in [-0.15, -0.1) is 0 Å². The van der Waals surface area contributed by atoms with Crippen LogP contribution in [0.25, 0.3) is 0 Å². The van der Waals surface area contributed by atoms with E-state index in [2.05, 4.69) is 6.92 Å². The molecule has 1 heterocycles. The summed E-state index contributed by atoms with van der Waals surface area (Å²) in [6.45, 7) is 4.74. The lowest BCUT2D eigenvalue weighted by atomic mass is 10.0. The average molecular weight is 399 g/mol. The Morgan fingerprint density at radius 3 is 2.29 bits per heavy atom. The third-order valence-electron chi connectivity index (χ3n) is 4.92. The lowest BCUT2D eigenvalue weighted by molar-refractivity contribution is -0.145. The first-order valence-electron chi connectivity index (χ1n) is 10.8. The number of carboxylic acid groups (broad SMARTS) is 1. The molecule has 1 rings (SSSR count). The van der Waals surface area contributed by atoms with Crippen LogP contribution in [-0.2, 0) is 23.8 Å². The molecule has 0 radical (unpaired) electrons. The zero-order valence-corrected chi connectivity index (χ0v) is 17.6. The van der Waals surface area contributed by atoms with Gasteiger partial charge in [0.2, 0.25) is 0 Å². The number of unbranched alkanes of at least 4 members (excludes halogenated alkanes) is 7. The van der Waals surface area contributed by atoms with Gasteiger partial charge in [0.1, 0.15) is 6.10 Å². The molecule has 1 saturated heterocycles. The van der Waals surface area contributed by atoms with E-state index in [1.54, 1.807) is 0 Å². The normalized spacial score (nSPS) is 17.1. The van der Waals surface area contributed by atoms with Crippen LogP contribution in [0.2, 0.25) is 0 Å². The Morgan fingerprint density at radius 2 is 1.68 bits per heavy atom. The minimum Gasteiger partial charge on any atom is -0.481 e. The summed E-state index contributed by atoms with van der Waals surface area (Å²) in [5.74, 6) is -1.69. The number of ether oxygens (including phenoxy) is 3. The fourth-order valence-electron chi connectivity index (χ4n) is 3.41. The Bertz CT molecular complexity index is 468. The zero-order valence-electron chi connectivity index (χ0n) is 17.6. The van der Waals surface area contributed by atoms with Crippen LogP contribution in [0.1, 0.15) is 90.9 Å². The Hall–Kier alpha value is -1.40. The summed E-state index contributed by atoms with van der Waals surface area (Å²) in [5, 5.41) is 8.64. The van der Waals surface area contributed by atoms with E-state index in [-0.39, 0.29) is 18.5 Å². The second kappa shape index (κ2) is 14.6. The number of rotatable bonds is 16. The van der Waals surface area contributed by atoms with Crippen molar-refractivity contribution in [2.75, 3.05) is 13.2 Å². The molecule has 0 aromatic rings. The quantitative estimate of drug-likeness (QED) is 0.224. The second-order valence-corrected chi connectivity index (χ2v) is 7.53. The van der Waals surface area contributed by atoms with Crippen LogP contribution in [-0.4, -0.2) is 42.1 Å². The van der Waals surface area contributed by atoms with Crippen LogP contribution in [0.3, 0.4) is 0 Å². The molecule has 0 spiro atoms. The van der Waals surface area contributed by atoms with Crippen LogP contribution in [0.5, 0.6) is 0 Å². The molecule has 1 aliphatic rings. The number of hydrogen-bond acceptors (Lipinski definition) is 5. The van der Waals surface area contributed by atoms with Gasteiger partial charge in [0.15, 0.2) is 5.79 Å². The second-order valence-electron chi connectivity index (χ2n) is 7.53. The fraction of sp³-hybridized carbons (Fsp3) is 0.818. The van der Waals surface area contributed by atoms with Crippen LogP contribution in [0, 0.1) is 0 Å². The van der Waals surface area contributed by atoms with Gasteiger partial charge in [0, 0.05) is 19.8 Å². The highest BCUT2D eigenvalue weighted by Gasteiger charge is 2.33. The lowest BCUT2D eigenvalue weighted by Gasteiger charge is -2.24. The first-order valence-corrected chi connectivity index (χ1v) is 10.8. The summed E-state index contributed by atoms with van der Waals surface area (Å²) < 4.78 is 17.2. The largest absolute Gasteiger partial charge is 0.481 e. The van der Waals surface area contributed by atoms with Crippen molar-refractivity contribution < 1.29 is 28.9 Å². The first kappa shape index (κ1) is 24.6. The maximum atomic E-state index is 11.4. The molecule has 6 heteroatoms. The zero-order chi connectivity index (χ0) is 20.7. The molecule has 6 nitrogen and oxygen atoms in total. The van der Waals surface area contributed by atoms with Crippen molar-refractivity contribution in [3.8, 4) is 0 Å². The van der Waals surface area contributed by atoms with E-state index in [4.69, 9.17) is 19.3 Å². The van der Waals surface area contributed by atoms with E-state index >= 15 is 0 Å².